The first kappa shape index (κ1) is 15.0. The topological polar surface area (TPSA) is 23.6 Å². The molecule has 1 aliphatic heterocycles. The van der Waals surface area contributed by atoms with Crippen molar-refractivity contribution in [2.45, 2.75) is 45.6 Å². The lowest BCUT2D eigenvalue weighted by molar-refractivity contribution is -0.124. The summed E-state index contributed by atoms with van der Waals surface area (Å²) in [5.74, 6) is 0.238. The number of aryl methyl sites for hydroxylation is 1. The van der Waals surface area contributed by atoms with Crippen LogP contribution in [0.15, 0.2) is 24.3 Å². The molecular formula is C17H26N2O. The predicted molar refractivity (Wildman–Crippen MR) is 84.1 cm³/mol. The summed E-state index contributed by atoms with van der Waals surface area (Å²) in [6.07, 6.45) is 4.49. The summed E-state index contributed by atoms with van der Waals surface area (Å²) in [5, 5.41) is 0. The van der Waals surface area contributed by atoms with Crippen molar-refractivity contribution < 1.29 is 4.79 Å². The van der Waals surface area contributed by atoms with E-state index in [2.05, 4.69) is 30.9 Å². The van der Waals surface area contributed by atoms with Crippen molar-refractivity contribution in [1.29, 1.82) is 0 Å². The highest BCUT2D eigenvalue weighted by molar-refractivity contribution is 5.96. The maximum atomic E-state index is 12.8. The van der Waals surface area contributed by atoms with Crippen molar-refractivity contribution in [2.75, 3.05) is 25.0 Å². The van der Waals surface area contributed by atoms with Crippen LogP contribution in [-0.4, -0.2) is 37.0 Å². The van der Waals surface area contributed by atoms with Crippen LogP contribution >= 0.6 is 0 Å². The Morgan fingerprint density at radius 1 is 1.30 bits per heavy atom. The second-order valence-corrected chi connectivity index (χ2v) is 5.78. The number of hydrogen-bond donors (Lipinski definition) is 0. The smallest absolute Gasteiger partial charge is 0.244 e. The van der Waals surface area contributed by atoms with Gasteiger partial charge in [0.2, 0.25) is 5.91 Å². The van der Waals surface area contributed by atoms with Gasteiger partial charge >= 0.3 is 0 Å². The molecule has 0 aromatic heterocycles. The minimum Gasteiger partial charge on any atom is -0.314 e. The number of piperidine rings is 1. The van der Waals surface area contributed by atoms with Gasteiger partial charge in [0.1, 0.15) is 0 Å². The highest BCUT2D eigenvalue weighted by Crippen LogP contribution is 2.22. The predicted octanol–water partition coefficient (Wildman–Crippen LogP) is 3.22. The van der Waals surface area contributed by atoms with Gasteiger partial charge in [-0.15, -0.1) is 0 Å². The summed E-state index contributed by atoms with van der Waals surface area (Å²) in [5.41, 5.74) is 2.21. The highest BCUT2D eigenvalue weighted by Gasteiger charge is 2.30. The number of nitrogens with zero attached hydrogens (tertiary/aromatic N) is 2. The first-order valence-corrected chi connectivity index (χ1v) is 7.71. The molecule has 1 amide bonds. The van der Waals surface area contributed by atoms with Crippen LogP contribution < -0.4 is 4.90 Å². The second kappa shape index (κ2) is 6.89. The van der Waals surface area contributed by atoms with Crippen molar-refractivity contribution in [2.24, 2.45) is 0 Å². The summed E-state index contributed by atoms with van der Waals surface area (Å²) in [4.78, 5) is 16.9. The third-order valence-electron chi connectivity index (χ3n) is 4.16. The zero-order valence-electron chi connectivity index (χ0n) is 12.9. The number of benzene rings is 1. The van der Waals surface area contributed by atoms with Gasteiger partial charge in [-0.25, -0.2) is 0 Å². The van der Waals surface area contributed by atoms with Gasteiger partial charge in [0, 0.05) is 12.7 Å². The molecule has 0 saturated carbocycles. The molecule has 0 spiro atoms. The minimum atomic E-state index is 0.0648. The van der Waals surface area contributed by atoms with Crippen molar-refractivity contribution in [3.63, 3.8) is 0 Å². The van der Waals surface area contributed by atoms with Gasteiger partial charge < -0.3 is 4.90 Å². The molecule has 0 bridgehead atoms. The largest absolute Gasteiger partial charge is 0.314 e. The van der Waals surface area contributed by atoms with Crippen LogP contribution in [0.2, 0.25) is 0 Å². The van der Waals surface area contributed by atoms with Gasteiger partial charge in [0.05, 0.1) is 6.04 Å². The van der Waals surface area contributed by atoms with Gasteiger partial charge in [-0.2, -0.15) is 0 Å². The zero-order valence-corrected chi connectivity index (χ0v) is 12.9. The van der Waals surface area contributed by atoms with E-state index in [1.54, 1.807) is 0 Å². The number of likely N-dealkylation sites (tertiary alicyclic amines) is 1. The lowest BCUT2D eigenvalue weighted by Gasteiger charge is -2.36. The second-order valence-electron chi connectivity index (χ2n) is 5.78. The van der Waals surface area contributed by atoms with E-state index < -0.39 is 0 Å². The minimum absolute atomic E-state index is 0.0648. The van der Waals surface area contributed by atoms with E-state index in [1.807, 2.05) is 24.1 Å². The maximum Gasteiger partial charge on any atom is 0.244 e. The van der Waals surface area contributed by atoms with Crippen LogP contribution in [0.1, 0.15) is 38.2 Å². The van der Waals surface area contributed by atoms with Crippen LogP contribution in [0, 0.1) is 6.92 Å². The van der Waals surface area contributed by atoms with E-state index in [0.717, 1.165) is 31.6 Å². The summed E-state index contributed by atoms with van der Waals surface area (Å²) < 4.78 is 0. The first-order valence-electron chi connectivity index (χ1n) is 7.71. The summed E-state index contributed by atoms with van der Waals surface area (Å²) >= 11 is 0. The Hall–Kier alpha value is -1.35. The van der Waals surface area contributed by atoms with Gasteiger partial charge in [-0.1, -0.05) is 31.0 Å². The van der Waals surface area contributed by atoms with Gasteiger partial charge in [0.25, 0.3) is 0 Å². The van der Waals surface area contributed by atoms with E-state index >= 15 is 0 Å². The van der Waals surface area contributed by atoms with Crippen LogP contribution in [0.25, 0.3) is 0 Å². The van der Waals surface area contributed by atoms with Crippen LogP contribution in [0.5, 0.6) is 0 Å². The van der Waals surface area contributed by atoms with Gasteiger partial charge in [-0.05, 0) is 51.4 Å². The average Bonchev–Trinajstić information content (AvgIpc) is 2.47. The van der Waals surface area contributed by atoms with Crippen LogP contribution in [-0.2, 0) is 4.79 Å². The Labute approximate surface area is 122 Å². The molecule has 1 heterocycles. The number of hydrogen-bond acceptors (Lipinski definition) is 2. The fourth-order valence-corrected chi connectivity index (χ4v) is 2.94. The van der Waals surface area contributed by atoms with Crippen molar-refractivity contribution >= 4 is 11.6 Å². The Morgan fingerprint density at radius 2 is 2.00 bits per heavy atom. The number of carbonyl (C=O) groups is 1. The Bertz CT molecular complexity index is 439. The van der Waals surface area contributed by atoms with Crippen molar-refractivity contribution in [1.82, 2.24) is 4.90 Å². The van der Waals surface area contributed by atoms with Crippen molar-refractivity contribution in [3.05, 3.63) is 29.8 Å². The number of anilines is 1. The molecule has 1 saturated heterocycles. The van der Waals surface area contributed by atoms with E-state index in [1.165, 1.54) is 18.4 Å². The lowest BCUT2D eigenvalue weighted by atomic mass is 10.0. The maximum absolute atomic E-state index is 12.8. The zero-order chi connectivity index (χ0) is 14.5. The molecule has 1 atom stereocenters. The SMILES string of the molecule is CCCN1CCCCC1C(=O)N(C)c1ccc(C)cc1. The molecule has 0 radical (unpaired) electrons. The number of likely N-dealkylation sites (N-methyl/N-ethyl adjacent to an activating group) is 1. The molecule has 1 aromatic rings. The molecule has 3 nitrogen and oxygen atoms in total. The fourth-order valence-electron chi connectivity index (χ4n) is 2.94. The van der Waals surface area contributed by atoms with Gasteiger partial charge in [0.15, 0.2) is 0 Å². The lowest BCUT2D eigenvalue weighted by Crippen LogP contribution is -2.50. The Kier molecular flexibility index (Phi) is 5.18. The summed E-state index contributed by atoms with van der Waals surface area (Å²) in [6, 6.07) is 8.24. The summed E-state index contributed by atoms with van der Waals surface area (Å²) in [6.45, 7) is 6.33. The number of amides is 1. The molecule has 1 fully saturated rings. The highest BCUT2D eigenvalue weighted by atomic mass is 16.2. The van der Waals surface area contributed by atoms with Crippen LogP contribution in [0.4, 0.5) is 5.69 Å². The van der Waals surface area contributed by atoms with Crippen molar-refractivity contribution in [3.8, 4) is 0 Å². The standard InChI is InChI=1S/C17H26N2O/c1-4-12-19-13-6-5-7-16(19)17(20)18(3)15-10-8-14(2)9-11-15/h8-11,16H,4-7,12-13H2,1-3H3. The average molecular weight is 274 g/mol. The molecular weight excluding hydrogens is 248 g/mol. The van der Waals surface area contributed by atoms with E-state index in [4.69, 9.17) is 0 Å². The van der Waals surface area contributed by atoms with Crippen LogP contribution in [0.3, 0.4) is 0 Å². The normalized spacial score (nSPS) is 19.9. The van der Waals surface area contributed by atoms with E-state index in [9.17, 15) is 4.79 Å². The Balaban J connectivity index is 2.09. The molecule has 3 heteroatoms. The molecule has 110 valence electrons. The summed E-state index contributed by atoms with van der Waals surface area (Å²) in [7, 11) is 1.89. The quantitative estimate of drug-likeness (QED) is 0.841. The molecule has 20 heavy (non-hydrogen) atoms. The molecule has 1 unspecified atom stereocenters. The Morgan fingerprint density at radius 3 is 2.65 bits per heavy atom. The molecule has 1 aliphatic rings. The first-order chi connectivity index (χ1) is 9.63. The molecule has 0 aliphatic carbocycles. The molecule has 2 rings (SSSR count). The number of rotatable bonds is 4. The fraction of sp³-hybridized carbons (Fsp3) is 0.588. The number of carbonyl (C=O) groups excluding carboxylic acids is 1. The monoisotopic (exact) mass is 274 g/mol. The van der Waals surface area contributed by atoms with E-state index in [-0.39, 0.29) is 11.9 Å². The third-order valence-corrected chi connectivity index (χ3v) is 4.16. The molecule has 0 N–H and O–H groups in total. The van der Waals surface area contributed by atoms with E-state index in [0.29, 0.717) is 0 Å². The van der Waals surface area contributed by atoms with Gasteiger partial charge in [-0.3, -0.25) is 9.69 Å². The molecule has 1 aromatic carbocycles. The third kappa shape index (κ3) is 3.40.